The Morgan fingerprint density at radius 1 is 1.24 bits per heavy atom. The fraction of sp³-hybridized carbons (Fsp3) is 0.500. The van der Waals surface area contributed by atoms with Gasteiger partial charge in [-0.05, 0) is 30.7 Å². The van der Waals surface area contributed by atoms with Crippen molar-refractivity contribution < 1.29 is 14.3 Å². The van der Waals surface area contributed by atoms with Gasteiger partial charge in [-0.15, -0.1) is 22.7 Å². The summed E-state index contributed by atoms with van der Waals surface area (Å²) in [5.74, 6) is -0.179. The number of hydrogen-bond donors (Lipinski definition) is 1. The number of carbonyl (C=O) groups excluding carboxylic acids is 2. The van der Waals surface area contributed by atoms with Crippen molar-refractivity contribution >= 4 is 34.6 Å². The number of esters is 1. The van der Waals surface area contributed by atoms with Crippen LogP contribution in [0.3, 0.4) is 0 Å². The molecule has 0 saturated carbocycles. The molecule has 0 fully saturated rings. The van der Waals surface area contributed by atoms with E-state index in [0.717, 1.165) is 29.1 Å². The average Bonchev–Trinajstić information content (AvgIpc) is 3.22. The molecule has 25 heavy (non-hydrogen) atoms. The van der Waals surface area contributed by atoms with Gasteiger partial charge in [0.2, 0.25) is 0 Å². The van der Waals surface area contributed by atoms with Crippen LogP contribution in [-0.2, 0) is 9.53 Å². The summed E-state index contributed by atoms with van der Waals surface area (Å²) in [5, 5.41) is 7.25. The monoisotopic (exact) mass is 380 g/mol. The van der Waals surface area contributed by atoms with E-state index in [-0.39, 0.29) is 24.2 Å². The molecule has 2 aromatic rings. The number of ether oxygens (including phenoxy) is 1. The van der Waals surface area contributed by atoms with Crippen molar-refractivity contribution in [3.63, 3.8) is 0 Å². The van der Waals surface area contributed by atoms with Crippen LogP contribution in [0, 0.1) is 5.92 Å². The minimum atomic E-state index is -0.568. The molecular weight excluding hydrogens is 356 g/mol. The number of nitrogens with one attached hydrogen (secondary N) is 1. The van der Waals surface area contributed by atoms with Gasteiger partial charge in [0, 0.05) is 11.4 Å². The van der Waals surface area contributed by atoms with Crippen LogP contribution in [0.25, 0.3) is 9.88 Å². The third kappa shape index (κ3) is 6.59. The maximum absolute atomic E-state index is 12.0. The molecule has 2 rings (SSSR count). The smallest absolute Gasteiger partial charge is 0.358 e. The number of rotatable bonds is 9. The van der Waals surface area contributed by atoms with Crippen molar-refractivity contribution in [1.29, 1.82) is 0 Å². The summed E-state index contributed by atoms with van der Waals surface area (Å²) in [7, 11) is 0. The minimum Gasteiger partial charge on any atom is -0.451 e. The van der Waals surface area contributed by atoms with E-state index in [4.69, 9.17) is 4.74 Å². The molecule has 0 aromatic carbocycles. The highest BCUT2D eigenvalue weighted by Crippen LogP contribution is 2.27. The van der Waals surface area contributed by atoms with Crippen molar-refractivity contribution in [2.45, 2.75) is 46.1 Å². The third-order valence-corrected chi connectivity index (χ3v) is 5.49. The summed E-state index contributed by atoms with van der Waals surface area (Å²) >= 11 is 2.96. The zero-order valence-corrected chi connectivity index (χ0v) is 16.4. The van der Waals surface area contributed by atoms with Crippen LogP contribution in [0.1, 0.15) is 50.5 Å². The van der Waals surface area contributed by atoms with E-state index in [1.54, 1.807) is 16.7 Å². The molecule has 0 aliphatic heterocycles. The number of hydrogen-bond acceptors (Lipinski definition) is 6. The second kappa shape index (κ2) is 9.68. The van der Waals surface area contributed by atoms with Gasteiger partial charge in [-0.3, -0.25) is 4.79 Å². The van der Waals surface area contributed by atoms with E-state index in [1.807, 2.05) is 24.4 Å². The van der Waals surface area contributed by atoms with Crippen molar-refractivity contribution in [1.82, 2.24) is 10.3 Å². The minimum absolute atomic E-state index is 0.0784. The molecule has 0 aliphatic rings. The fourth-order valence-corrected chi connectivity index (χ4v) is 3.91. The average molecular weight is 381 g/mol. The predicted octanol–water partition coefficient (Wildman–Crippen LogP) is 4.36. The Labute approximate surface area is 156 Å². The molecule has 7 heteroatoms. The Balaban J connectivity index is 1.73. The molecule has 0 radical (unpaired) electrons. The van der Waals surface area contributed by atoms with Crippen molar-refractivity contribution in [2.24, 2.45) is 5.92 Å². The summed E-state index contributed by atoms with van der Waals surface area (Å²) in [6.45, 7) is 6.06. The molecule has 136 valence electrons. The highest BCUT2D eigenvalue weighted by Gasteiger charge is 2.16. The van der Waals surface area contributed by atoms with Crippen LogP contribution in [-0.4, -0.2) is 29.5 Å². The lowest BCUT2D eigenvalue weighted by atomic mass is 10.0. The lowest BCUT2D eigenvalue weighted by Gasteiger charge is -2.14. The molecule has 2 aromatic heterocycles. The zero-order valence-electron chi connectivity index (χ0n) is 14.8. The lowest BCUT2D eigenvalue weighted by molar-refractivity contribution is -0.124. The van der Waals surface area contributed by atoms with Gasteiger partial charge in [0.1, 0.15) is 5.01 Å². The van der Waals surface area contributed by atoms with E-state index in [2.05, 4.69) is 24.1 Å². The Hall–Kier alpha value is -1.73. The van der Waals surface area contributed by atoms with E-state index in [1.165, 1.54) is 11.3 Å². The molecule has 0 aliphatic carbocycles. The van der Waals surface area contributed by atoms with Gasteiger partial charge >= 0.3 is 5.97 Å². The Bertz CT molecular complexity index is 680. The zero-order chi connectivity index (χ0) is 18.2. The summed E-state index contributed by atoms with van der Waals surface area (Å²) < 4.78 is 5.06. The Morgan fingerprint density at radius 3 is 2.72 bits per heavy atom. The third-order valence-electron chi connectivity index (χ3n) is 3.61. The quantitative estimate of drug-likeness (QED) is 0.656. The van der Waals surface area contributed by atoms with Crippen LogP contribution >= 0.6 is 22.7 Å². The maximum Gasteiger partial charge on any atom is 0.358 e. The number of thiophene rings is 1. The first-order chi connectivity index (χ1) is 12.0. The highest BCUT2D eigenvalue weighted by atomic mass is 32.1. The van der Waals surface area contributed by atoms with Crippen molar-refractivity contribution in [3.05, 3.63) is 28.6 Å². The second-order valence-corrected chi connectivity index (χ2v) is 8.19. The van der Waals surface area contributed by atoms with Crippen LogP contribution in [0.15, 0.2) is 22.9 Å². The first kappa shape index (κ1) is 19.6. The number of amides is 1. The number of carbonyl (C=O) groups is 2. The van der Waals surface area contributed by atoms with Gasteiger partial charge in [-0.25, -0.2) is 9.78 Å². The van der Waals surface area contributed by atoms with Crippen LogP contribution in [0.4, 0.5) is 0 Å². The highest BCUT2D eigenvalue weighted by molar-refractivity contribution is 7.20. The molecule has 1 N–H and O–H groups in total. The van der Waals surface area contributed by atoms with Crippen LogP contribution in [0.2, 0.25) is 0 Å². The van der Waals surface area contributed by atoms with Crippen LogP contribution in [0.5, 0.6) is 0 Å². The van der Waals surface area contributed by atoms with E-state index < -0.39 is 5.97 Å². The van der Waals surface area contributed by atoms with Gasteiger partial charge in [0.15, 0.2) is 12.3 Å². The van der Waals surface area contributed by atoms with Gasteiger partial charge in [0.05, 0.1) is 4.88 Å². The largest absolute Gasteiger partial charge is 0.451 e. The lowest BCUT2D eigenvalue weighted by Crippen LogP contribution is -2.35. The molecule has 0 bridgehead atoms. The molecule has 1 unspecified atom stereocenters. The number of aromatic nitrogens is 1. The molecule has 1 atom stereocenters. The molecule has 0 spiro atoms. The van der Waals surface area contributed by atoms with Crippen LogP contribution < -0.4 is 5.32 Å². The van der Waals surface area contributed by atoms with E-state index >= 15 is 0 Å². The first-order valence-electron chi connectivity index (χ1n) is 8.41. The first-order valence-corrected chi connectivity index (χ1v) is 10.2. The Kier molecular flexibility index (Phi) is 7.58. The van der Waals surface area contributed by atoms with Gasteiger partial charge in [-0.2, -0.15) is 0 Å². The summed E-state index contributed by atoms with van der Waals surface area (Å²) in [6.07, 6.45) is 3.14. The van der Waals surface area contributed by atoms with Gasteiger partial charge in [0.25, 0.3) is 5.91 Å². The maximum atomic E-state index is 12.0. The number of nitrogens with zero attached hydrogens (tertiary/aromatic N) is 1. The molecule has 0 saturated heterocycles. The predicted molar refractivity (Wildman–Crippen MR) is 102 cm³/mol. The molecular formula is C18H24N2O3S2. The number of thiazole rings is 1. The molecule has 1 amide bonds. The Morgan fingerprint density at radius 2 is 2.04 bits per heavy atom. The summed E-state index contributed by atoms with van der Waals surface area (Å²) in [6, 6.07) is 3.97. The molecule has 2 heterocycles. The molecule has 5 nitrogen and oxygen atoms in total. The van der Waals surface area contributed by atoms with Crippen molar-refractivity contribution in [3.8, 4) is 9.88 Å². The summed E-state index contributed by atoms with van der Waals surface area (Å²) in [4.78, 5) is 29.2. The SMILES string of the molecule is CC(C)CCCC(C)NC(=O)COC(=O)c1csc(-c2cccs2)n1. The van der Waals surface area contributed by atoms with Gasteiger partial charge in [-0.1, -0.05) is 32.8 Å². The van der Waals surface area contributed by atoms with E-state index in [0.29, 0.717) is 5.92 Å². The fourth-order valence-electron chi connectivity index (χ4n) is 2.31. The van der Waals surface area contributed by atoms with Crippen molar-refractivity contribution in [2.75, 3.05) is 6.61 Å². The standard InChI is InChI=1S/C18H24N2O3S2/c1-12(2)6-4-7-13(3)19-16(21)10-23-18(22)14-11-25-17(20-14)15-8-5-9-24-15/h5,8-9,11-13H,4,6-7,10H2,1-3H3,(H,19,21). The second-order valence-electron chi connectivity index (χ2n) is 6.38. The van der Waals surface area contributed by atoms with E-state index in [9.17, 15) is 9.59 Å². The normalized spacial score (nSPS) is 12.2. The van der Waals surface area contributed by atoms with Gasteiger partial charge < -0.3 is 10.1 Å². The topological polar surface area (TPSA) is 68.3 Å². The summed E-state index contributed by atoms with van der Waals surface area (Å²) in [5.41, 5.74) is 0.242.